The van der Waals surface area contributed by atoms with Crippen molar-refractivity contribution >= 4 is 5.69 Å². The van der Waals surface area contributed by atoms with Gasteiger partial charge in [-0.2, -0.15) is 13.2 Å². The molecule has 11 heteroatoms. The van der Waals surface area contributed by atoms with Gasteiger partial charge in [-0.1, -0.05) is 0 Å². The summed E-state index contributed by atoms with van der Waals surface area (Å²) in [6.45, 7) is -0.555. The molecule has 1 aromatic heterocycles. The molecule has 0 atom stereocenters. The molecule has 1 saturated heterocycles. The summed E-state index contributed by atoms with van der Waals surface area (Å²) in [5.41, 5.74) is -0.576. The van der Waals surface area contributed by atoms with Gasteiger partial charge in [0.25, 0.3) is 0 Å². The van der Waals surface area contributed by atoms with Gasteiger partial charge in [-0.3, -0.25) is 14.8 Å². The Hall–Kier alpha value is -1.88. The van der Waals surface area contributed by atoms with Crippen LogP contribution in [0, 0.1) is 10.1 Å². The summed E-state index contributed by atoms with van der Waals surface area (Å²) >= 11 is 0. The van der Waals surface area contributed by atoms with Gasteiger partial charge in [0.2, 0.25) is 0 Å². The molecule has 8 nitrogen and oxygen atoms in total. The van der Waals surface area contributed by atoms with Crippen LogP contribution in [0.3, 0.4) is 0 Å². The van der Waals surface area contributed by atoms with E-state index in [2.05, 4.69) is 9.84 Å². The Morgan fingerprint density at radius 2 is 2.00 bits per heavy atom. The standard InChI is InChI=1S/C13H16F3N3O5/c14-13(15,16)8-22-11-10(19(20)21)7-18(17-11)9-1-3-12(4-2-9)23-5-6-24-12/h7,9H,1-6,8H2. The number of aromatic nitrogens is 2. The molecule has 0 aromatic carbocycles. The molecule has 1 aliphatic carbocycles. The highest BCUT2D eigenvalue weighted by Gasteiger charge is 2.41. The van der Waals surface area contributed by atoms with E-state index in [0.717, 1.165) is 6.20 Å². The Bertz CT molecular complexity index is 602. The average molecular weight is 351 g/mol. The summed E-state index contributed by atoms with van der Waals surface area (Å²) in [6.07, 6.45) is -1.08. The Morgan fingerprint density at radius 1 is 1.38 bits per heavy atom. The highest BCUT2D eigenvalue weighted by molar-refractivity contribution is 5.38. The van der Waals surface area contributed by atoms with E-state index in [1.54, 1.807) is 0 Å². The van der Waals surface area contributed by atoms with E-state index in [1.165, 1.54) is 4.68 Å². The predicted molar refractivity (Wildman–Crippen MR) is 72.6 cm³/mol. The maximum Gasteiger partial charge on any atom is 0.422 e. The molecule has 2 aliphatic rings. The molecule has 2 heterocycles. The second-order valence-corrected chi connectivity index (χ2v) is 5.80. The lowest BCUT2D eigenvalue weighted by Crippen LogP contribution is -2.35. The second kappa shape index (κ2) is 6.20. The molecule has 1 aliphatic heterocycles. The minimum atomic E-state index is -4.59. The molecule has 3 rings (SSSR count). The van der Waals surface area contributed by atoms with Gasteiger partial charge in [-0.25, -0.2) is 0 Å². The van der Waals surface area contributed by atoms with Crippen molar-refractivity contribution in [1.82, 2.24) is 9.78 Å². The molecule has 24 heavy (non-hydrogen) atoms. The van der Waals surface area contributed by atoms with Crippen molar-refractivity contribution in [3.05, 3.63) is 16.3 Å². The quantitative estimate of drug-likeness (QED) is 0.612. The van der Waals surface area contributed by atoms with Crippen LogP contribution in [-0.2, 0) is 9.47 Å². The van der Waals surface area contributed by atoms with Crippen LogP contribution in [0.2, 0.25) is 0 Å². The molecule has 0 unspecified atom stereocenters. The maximum absolute atomic E-state index is 12.2. The third-order valence-electron chi connectivity index (χ3n) is 4.15. The average Bonchev–Trinajstić information content (AvgIpc) is 3.13. The number of hydrogen-bond donors (Lipinski definition) is 0. The number of nitro groups is 1. The van der Waals surface area contributed by atoms with Gasteiger partial charge in [0, 0.05) is 12.8 Å². The minimum Gasteiger partial charge on any atom is -0.462 e. The van der Waals surface area contributed by atoms with Gasteiger partial charge < -0.3 is 14.2 Å². The van der Waals surface area contributed by atoms with Crippen molar-refractivity contribution in [2.45, 2.75) is 43.7 Å². The van der Waals surface area contributed by atoms with Crippen LogP contribution in [0.4, 0.5) is 18.9 Å². The maximum atomic E-state index is 12.2. The number of alkyl halides is 3. The monoisotopic (exact) mass is 351 g/mol. The van der Waals surface area contributed by atoms with E-state index < -0.39 is 35.1 Å². The first kappa shape index (κ1) is 17.0. The van der Waals surface area contributed by atoms with Crippen LogP contribution in [0.25, 0.3) is 0 Å². The Kier molecular flexibility index (Phi) is 4.38. The van der Waals surface area contributed by atoms with Crippen molar-refractivity contribution in [3.8, 4) is 5.88 Å². The summed E-state index contributed by atoms with van der Waals surface area (Å²) in [4.78, 5) is 10.2. The zero-order valence-corrected chi connectivity index (χ0v) is 12.6. The molecule has 1 saturated carbocycles. The highest BCUT2D eigenvalue weighted by Crippen LogP contribution is 2.41. The van der Waals surface area contributed by atoms with E-state index in [9.17, 15) is 23.3 Å². The van der Waals surface area contributed by atoms with Gasteiger partial charge in [0.1, 0.15) is 6.20 Å². The van der Waals surface area contributed by atoms with Gasteiger partial charge in [0.05, 0.1) is 24.2 Å². The van der Waals surface area contributed by atoms with Crippen LogP contribution in [0.15, 0.2) is 6.20 Å². The SMILES string of the molecule is O=[N+]([O-])c1cn(C2CCC3(CC2)OCCO3)nc1OCC(F)(F)F. The van der Waals surface area contributed by atoms with Crippen LogP contribution in [0.5, 0.6) is 5.88 Å². The zero-order chi connectivity index (χ0) is 17.4. The molecule has 1 spiro atoms. The normalized spacial score (nSPS) is 21.3. The first-order valence-electron chi connectivity index (χ1n) is 7.49. The predicted octanol–water partition coefficient (Wildman–Crippen LogP) is 2.59. The van der Waals surface area contributed by atoms with E-state index in [1.807, 2.05) is 0 Å². The summed E-state index contributed by atoms with van der Waals surface area (Å²) in [6, 6.07) is -0.176. The Labute approximate surface area is 134 Å². The minimum absolute atomic E-state index is 0.176. The van der Waals surface area contributed by atoms with Crippen molar-refractivity contribution in [2.75, 3.05) is 19.8 Å². The first-order chi connectivity index (χ1) is 11.3. The van der Waals surface area contributed by atoms with Gasteiger partial charge >= 0.3 is 17.7 Å². The van der Waals surface area contributed by atoms with Crippen LogP contribution >= 0.6 is 0 Å². The van der Waals surface area contributed by atoms with Crippen LogP contribution in [0.1, 0.15) is 31.7 Å². The summed E-state index contributed by atoms with van der Waals surface area (Å²) < 4.78 is 53.7. The summed E-state index contributed by atoms with van der Waals surface area (Å²) in [7, 11) is 0. The molecular formula is C13H16F3N3O5. The Balaban J connectivity index is 1.71. The summed E-state index contributed by atoms with van der Waals surface area (Å²) in [5, 5.41) is 14.8. The van der Waals surface area contributed by atoms with Crippen molar-refractivity contribution < 1.29 is 32.3 Å². The Morgan fingerprint density at radius 3 is 2.54 bits per heavy atom. The number of hydrogen-bond acceptors (Lipinski definition) is 6. The largest absolute Gasteiger partial charge is 0.462 e. The topological polar surface area (TPSA) is 88.7 Å². The van der Waals surface area contributed by atoms with Gasteiger partial charge in [0.15, 0.2) is 12.4 Å². The molecule has 0 amide bonds. The van der Waals surface area contributed by atoms with E-state index in [4.69, 9.17) is 9.47 Å². The molecule has 0 radical (unpaired) electrons. The number of nitrogens with zero attached hydrogens (tertiary/aromatic N) is 3. The van der Waals surface area contributed by atoms with Crippen molar-refractivity contribution in [2.24, 2.45) is 0 Å². The molecule has 0 bridgehead atoms. The van der Waals surface area contributed by atoms with Crippen molar-refractivity contribution in [3.63, 3.8) is 0 Å². The number of ether oxygens (including phenoxy) is 3. The molecule has 2 fully saturated rings. The first-order valence-corrected chi connectivity index (χ1v) is 7.49. The second-order valence-electron chi connectivity index (χ2n) is 5.80. The lowest BCUT2D eigenvalue weighted by atomic mass is 9.90. The van der Waals surface area contributed by atoms with Gasteiger partial charge in [-0.15, -0.1) is 5.10 Å². The fourth-order valence-electron chi connectivity index (χ4n) is 3.02. The van der Waals surface area contributed by atoms with E-state index in [0.29, 0.717) is 38.9 Å². The third-order valence-corrected chi connectivity index (χ3v) is 4.15. The molecular weight excluding hydrogens is 335 g/mol. The van der Waals surface area contributed by atoms with Gasteiger partial charge in [-0.05, 0) is 12.8 Å². The fourth-order valence-corrected chi connectivity index (χ4v) is 3.02. The summed E-state index contributed by atoms with van der Waals surface area (Å²) in [5.74, 6) is -1.21. The smallest absolute Gasteiger partial charge is 0.422 e. The molecule has 1 aromatic rings. The highest BCUT2D eigenvalue weighted by atomic mass is 19.4. The van der Waals surface area contributed by atoms with E-state index in [-0.39, 0.29) is 6.04 Å². The lowest BCUT2D eigenvalue weighted by Gasteiger charge is -2.35. The fraction of sp³-hybridized carbons (Fsp3) is 0.769. The van der Waals surface area contributed by atoms with Crippen molar-refractivity contribution in [1.29, 1.82) is 0 Å². The van der Waals surface area contributed by atoms with Crippen LogP contribution in [-0.4, -0.2) is 46.5 Å². The lowest BCUT2D eigenvalue weighted by molar-refractivity contribution is -0.386. The van der Waals surface area contributed by atoms with Crippen LogP contribution < -0.4 is 4.74 Å². The molecule has 134 valence electrons. The number of rotatable bonds is 4. The van der Waals surface area contributed by atoms with E-state index >= 15 is 0 Å². The zero-order valence-electron chi connectivity index (χ0n) is 12.6. The number of halogens is 3. The molecule has 0 N–H and O–H groups in total. The third kappa shape index (κ3) is 3.61.